The quantitative estimate of drug-likeness (QED) is 0.292. The Morgan fingerprint density at radius 2 is 1.42 bits per heavy atom. The molecule has 0 aliphatic heterocycles. The average molecular weight is 160 g/mol. The van der Waals surface area contributed by atoms with Gasteiger partial charge in [0.25, 0.3) is 0 Å². The van der Waals surface area contributed by atoms with Crippen LogP contribution in [0.2, 0.25) is 0 Å². The molecule has 1 rings (SSSR count). The average Bonchev–Trinajstić information content (AvgIpc) is 1.90. The molecule has 0 aromatic rings. The minimum atomic E-state index is -1.13. The Hall–Kier alpha value is -0.663. The molecule has 0 heterocycles. The van der Waals surface area contributed by atoms with Crippen molar-refractivity contribution in [1.29, 1.82) is 0 Å². The van der Waals surface area contributed by atoms with E-state index in [0.717, 1.165) is 0 Å². The first-order valence-electron chi connectivity index (χ1n) is 2.57. The topological polar surface area (TPSA) is 113 Å². The molecule has 0 saturated carbocycles. The fourth-order valence-corrected chi connectivity index (χ4v) is 0.574. The van der Waals surface area contributed by atoms with Crippen molar-refractivity contribution in [3.05, 3.63) is 54.5 Å². The van der Waals surface area contributed by atoms with Crippen LogP contribution in [0.15, 0.2) is 35.8 Å². The van der Waals surface area contributed by atoms with Gasteiger partial charge in [0.15, 0.2) is 0 Å². The third-order valence-corrected chi connectivity index (χ3v) is 1.01. The summed E-state index contributed by atoms with van der Waals surface area (Å²) in [6, 6.07) is 0. The van der Waals surface area contributed by atoms with Gasteiger partial charge in [-0.15, -0.1) is 0 Å². The number of nitrogens with two attached hydrogens (primary N) is 2. The third-order valence-electron chi connectivity index (χ3n) is 1.01. The zero-order valence-corrected chi connectivity index (χ0v) is 6.86. The zero-order valence-electron chi connectivity index (χ0n) is 6.86. The molecular formula is C7H9LiN2O2-3. The van der Waals surface area contributed by atoms with Crippen LogP contribution in [0.4, 0.5) is 0 Å². The summed E-state index contributed by atoms with van der Waals surface area (Å²) in [7, 11) is 0. The molecule has 0 spiro atoms. The second-order valence-corrected chi connectivity index (χ2v) is 1.65. The van der Waals surface area contributed by atoms with Crippen molar-refractivity contribution in [2.75, 3.05) is 0 Å². The summed E-state index contributed by atoms with van der Waals surface area (Å²) < 4.78 is 0. The van der Waals surface area contributed by atoms with Gasteiger partial charge in [-0.3, -0.25) is 0 Å². The van der Waals surface area contributed by atoms with Crippen LogP contribution in [-0.4, -0.2) is 0 Å². The van der Waals surface area contributed by atoms with Crippen LogP contribution < -0.4 is 29.1 Å². The Morgan fingerprint density at radius 3 is 1.67 bits per heavy atom. The SMILES string of the molecule is [Li+].[NH2-].[NH2-].[O-]C([O-])=C1C=C[CH]C=C1. The van der Waals surface area contributed by atoms with Crippen molar-refractivity contribution < 1.29 is 29.1 Å². The van der Waals surface area contributed by atoms with E-state index >= 15 is 0 Å². The second kappa shape index (κ2) is 8.43. The van der Waals surface area contributed by atoms with Crippen LogP contribution in [0.1, 0.15) is 0 Å². The minimum Gasteiger partial charge on any atom is -0.884 e. The number of hydrogen-bond acceptors (Lipinski definition) is 2. The molecule has 1 radical (unpaired) electrons. The summed E-state index contributed by atoms with van der Waals surface area (Å²) >= 11 is 0. The molecule has 0 saturated heterocycles. The van der Waals surface area contributed by atoms with E-state index in [1.165, 1.54) is 12.2 Å². The fourth-order valence-electron chi connectivity index (χ4n) is 0.574. The Bertz CT molecular complexity index is 182. The van der Waals surface area contributed by atoms with Gasteiger partial charge in [0.05, 0.1) is 0 Å². The molecule has 12 heavy (non-hydrogen) atoms. The molecule has 63 valence electrons. The Morgan fingerprint density at radius 1 is 1.00 bits per heavy atom. The Labute approximate surface area is 84.0 Å². The normalized spacial score (nSPS) is 12.2. The number of rotatable bonds is 0. The maximum atomic E-state index is 10.1. The van der Waals surface area contributed by atoms with E-state index in [4.69, 9.17) is 0 Å². The predicted molar refractivity (Wildman–Crippen MR) is 40.2 cm³/mol. The first-order chi connectivity index (χ1) is 4.30. The number of allylic oxidation sites excluding steroid dienone is 5. The van der Waals surface area contributed by atoms with Gasteiger partial charge in [-0.05, 0) is 5.57 Å². The van der Waals surface area contributed by atoms with Gasteiger partial charge in [-0.1, -0.05) is 24.3 Å². The molecule has 4 N–H and O–H groups in total. The van der Waals surface area contributed by atoms with Crippen molar-refractivity contribution >= 4 is 0 Å². The van der Waals surface area contributed by atoms with Crippen LogP contribution in [0.3, 0.4) is 0 Å². The van der Waals surface area contributed by atoms with Gasteiger partial charge in [0, 0.05) is 6.42 Å². The van der Waals surface area contributed by atoms with Gasteiger partial charge in [-0.2, -0.15) is 5.95 Å². The minimum absolute atomic E-state index is 0. The van der Waals surface area contributed by atoms with Gasteiger partial charge in [0.2, 0.25) is 0 Å². The summed E-state index contributed by atoms with van der Waals surface area (Å²) in [5, 5.41) is 20.2. The summed E-state index contributed by atoms with van der Waals surface area (Å²) in [5.74, 6) is -1.13. The largest absolute Gasteiger partial charge is 1.00 e. The van der Waals surface area contributed by atoms with Crippen molar-refractivity contribution in [2.24, 2.45) is 0 Å². The molecule has 0 aromatic heterocycles. The smallest absolute Gasteiger partial charge is 0.884 e. The van der Waals surface area contributed by atoms with Crippen LogP contribution in [0.25, 0.3) is 12.3 Å². The predicted octanol–water partition coefficient (Wildman–Crippen LogP) is -2.31. The van der Waals surface area contributed by atoms with Crippen molar-refractivity contribution in [3.8, 4) is 0 Å². The molecule has 0 bridgehead atoms. The first-order valence-corrected chi connectivity index (χ1v) is 2.57. The van der Waals surface area contributed by atoms with Crippen LogP contribution in [0, 0.1) is 6.42 Å². The van der Waals surface area contributed by atoms with Crippen molar-refractivity contribution in [3.63, 3.8) is 0 Å². The van der Waals surface area contributed by atoms with Crippen LogP contribution in [0.5, 0.6) is 0 Å². The second-order valence-electron chi connectivity index (χ2n) is 1.65. The van der Waals surface area contributed by atoms with E-state index in [0.29, 0.717) is 0 Å². The molecule has 4 nitrogen and oxygen atoms in total. The van der Waals surface area contributed by atoms with Crippen molar-refractivity contribution in [2.45, 2.75) is 0 Å². The van der Waals surface area contributed by atoms with Gasteiger partial charge < -0.3 is 22.5 Å². The molecule has 5 heteroatoms. The molecule has 0 unspecified atom stereocenters. The van der Waals surface area contributed by atoms with E-state index in [-0.39, 0.29) is 36.7 Å². The van der Waals surface area contributed by atoms with Crippen molar-refractivity contribution in [1.82, 2.24) is 0 Å². The van der Waals surface area contributed by atoms with E-state index in [1.807, 2.05) is 0 Å². The summed E-state index contributed by atoms with van der Waals surface area (Å²) in [4.78, 5) is 0. The molecule has 1 aliphatic rings. The van der Waals surface area contributed by atoms with Crippen LogP contribution in [-0.2, 0) is 0 Å². The van der Waals surface area contributed by atoms with Gasteiger partial charge in [0.1, 0.15) is 0 Å². The van der Waals surface area contributed by atoms with Gasteiger partial charge >= 0.3 is 18.9 Å². The van der Waals surface area contributed by atoms with Gasteiger partial charge in [-0.25, -0.2) is 0 Å². The first kappa shape index (κ1) is 17.4. The molecule has 0 amide bonds. The fraction of sp³-hybridized carbons (Fsp3) is 0. The van der Waals surface area contributed by atoms with E-state index < -0.39 is 5.95 Å². The summed E-state index contributed by atoms with van der Waals surface area (Å²) in [5.41, 5.74) is 0.220. The molecular weight excluding hydrogens is 151 g/mol. The molecule has 0 fully saturated rings. The standard InChI is InChI=1S/C7H7O2.Li.2H2N/c8-7(9)6-4-2-1-3-5-6;;;/h1-5,8-9H;;2*1H2/q;+1;2*-1/p-2. The monoisotopic (exact) mass is 160 g/mol. The maximum absolute atomic E-state index is 10.1. The summed E-state index contributed by atoms with van der Waals surface area (Å²) in [6.45, 7) is 0. The molecule has 0 aromatic carbocycles. The van der Waals surface area contributed by atoms with E-state index in [1.54, 1.807) is 18.6 Å². The third kappa shape index (κ3) is 5.05. The maximum Gasteiger partial charge on any atom is 1.00 e. The molecule has 1 aliphatic carbocycles. The zero-order chi connectivity index (χ0) is 6.69. The van der Waals surface area contributed by atoms with E-state index in [9.17, 15) is 10.2 Å². The van der Waals surface area contributed by atoms with Crippen LogP contribution >= 0.6 is 0 Å². The Kier molecular flexibility index (Phi) is 12.2. The molecule has 0 atom stereocenters. The Balaban J connectivity index is -0.000000270. The summed E-state index contributed by atoms with van der Waals surface area (Å²) in [6.07, 6.45) is 8.06. The van der Waals surface area contributed by atoms with E-state index in [2.05, 4.69) is 0 Å². The number of hydrogen-bond donors (Lipinski definition) is 0.